The number of hydrogen-bond acceptors (Lipinski definition) is 3. The third-order valence-electron chi connectivity index (χ3n) is 3.88. The number of hydrogen-bond donors (Lipinski definition) is 1. The highest BCUT2D eigenvalue weighted by molar-refractivity contribution is 5.77. The molecule has 1 aliphatic heterocycles. The number of carbonyl (C=O) groups excluding carboxylic acids is 1. The molecule has 2 rings (SSSR count). The third kappa shape index (κ3) is 5.19. The molecule has 1 heterocycles. The maximum atomic E-state index is 13.4. The number of carbonyl (C=O) groups is 2. The Bertz CT molecular complexity index is 579. The van der Waals surface area contributed by atoms with E-state index in [1.807, 2.05) is 0 Å². The fourth-order valence-electron chi connectivity index (χ4n) is 2.68. The molecular formula is C16H19F2NO4. The number of rotatable bonds is 6. The molecule has 0 radical (unpaired) electrons. The average Bonchev–Trinajstić information content (AvgIpc) is 2.52. The maximum absolute atomic E-state index is 13.4. The second-order valence-corrected chi connectivity index (χ2v) is 5.64. The lowest BCUT2D eigenvalue weighted by Gasteiger charge is -2.32. The molecule has 1 aliphatic rings. The van der Waals surface area contributed by atoms with E-state index in [-0.39, 0.29) is 30.6 Å². The minimum atomic E-state index is -0.851. The summed E-state index contributed by atoms with van der Waals surface area (Å²) in [5, 5.41) is 8.71. The Labute approximate surface area is 132 Å². The molecule has 0 aliphatic carbocycles. The van der Waals surface area contributed by atoms with E-state index >= 15 is 0 Å². The number of aliphatic carboxylic acids is 1. The molecule has 1 fully saturated rings. The van der Waals surface area contributed by atoms with Crippen molar-refractivity contribution in [1.82, 2.24) is 4.90 Å². The number of ether oxygens (including phenoxy) is 1. The van der Waals surface area contributed by atoms with Gasteiger partial charge in [-0.05, 0) is 37.3 Å². The van der Waals surface area contributed by atoms with E-state index in [0.717, 1.165) is 25.0 Å². The van der Waals surface area contributed by atoms with Crippen molar-refractivity contribution in [2.75, 3.05) is 19.7 Å². The molecule has 0 spiro atoms. The zero-order valence-electron chi connectivity index (χ0n) is 12.6. The van der Waals surface area contributed by atoms with E-state index in [1.54, 1.807) is 4.90 Å². The molecule has 5 nitrogen and oxygen atoms in total. The molecule has 23 heavy (non-hydrogen) atoms. The van der Waals surface area contributed by atoms with Crippen LogP contribution < -0.4 is 4.74 Å². The van der Waals surface area contributed by atoms with Gasteiger partial charge in [0.15, 0.2) is 18.2 Å². The summed E-state index contributed by atoms with van der Waals surface area (Å²) in [7, 11) is 0. The largest absolute Gasteiger partial charge is 0.481 e. The first-order valence-corrected chi connectivity index (χ1v) is 7.53. The van der Waals surface area contributed by atoms with Crippen LogP contribution in [0.5, 0.6) is 5.75 Å². The Kier molecular flexibility index (Phi) is 5.90. The van der Waals surface area contributed by atoms with Crippen LogP contribution in [0.15, 0.2) is 18.2 Å². The lowest BCUT2D eigenvalue weighted by molar-refractivity contribution is -0.137. The van der Waals surface area contributed by atoms with Crippen molar-refractivity contribution in [2.45, 2.75) is 25.7 Å². The standard InChI is InChI=1S/C16H19F2NO4/c17-12-4-5-14(13(18)8-12)23-10-15(20)19-7-1-2-11(9-19)3-6-16(21)22/h4-5,8,11H,1-3,6-7,9-10H2,(H,21,22). The first-order valence-electron chi connectivity index (χ1n) is 7.53. The van der Waals surface area contributed by atoms with E-state index in [2.05, 4.69) is 0 Å². The molecule has 0 bridgehead atoms. The highest BCUT2D eigenvalue weighted by atomic mass is 19.1. The van der Waals surface area contributed by atoms with Crippen LogP contribution in [0.2, 0.25) is 0 Å². The van der Waals surface area contributed by atoms with Crippen LogP contribution in [0, 0.1) is 17.6 Å². The fourth-order valence-corrected chi connectivity index (χ4v) is 2.68. The van der Waals surface area contributed by atoms with Crippen LogP contribution in [0.1, 0.15) is 25.7 Å². The van der Waals surface area contributed by atoms with Crippen LogP contribution >= 0.6 is 0 Å². The number of piperidine rings is 1. The zero-order valence-corrected chi connectivity index (χ0v) is 12.6. The predicted molar refractivity (Wildman–Crippen MR) is 78.0 cm³/mol. The summed E-state index contributed by atoms with van der Waals surface area (Å²) in [6.07, 6.45) is 2.32. The molecule has 1 aromatic rings. The van der Waals surface area contributed by atoms with Crippen LogP contribution in [-0.2, 0) is 9.59 Å². The summed E-state index contributed by atoms with van der Waals surface area (Å²) in [5.41, 5.74) is 0. The average molecular weight is 327 g/mol. The number of carboxylic acids is 1. The van der Waals surface area contributed by atoms with Gasteiger partial charge in [-0.25, -0.2) is 8.78 Å². The number of benzene rings is 1. The predicted octanol–water partition coefficient (Wildman–Crippen LogP) is 2.45. The molecule has 1 saturated heterocycles. The quantitative estimate of drug-likeness (QED) is 0.871. The van der Waals surface area contributed by atoms with Crippen molar-refractivity contribution >= 4 is 11.9 Å². The Morgan fingerprint density at radius 2 is 2.13 bits per heavy atom. The highest BCUT2D eigenvalue weighted by Crippen LogP contribution is 2.22. The fraction of sp³-hybridized carbons (Fsp3) is 0.500. The Morgan fingerprint density at radius 1 is 1.35 bits per heavy atom. The summed E-state index contributed by atoms with van der Waals surface area (Å²) >= 11 is 0. The van der Waals surface area contributed by atoms with Crippen molar-refractivity contribution < 1.29 is 28.2 Å². The Morgan fingerprint density at radius 3 is 2.83 bits per heavy atom. The minimum Gasteiger partial charge on any atom is -0.481 e. The monoisotopic (exact) mass is 327 g/mol. The first kappa shape index (κ1) is 17.2. The molecule has 1 aromatic carbocycles. The van der Waals surface area contributed by atoms with E-state index < -0.39 is 17.6 Å². The topological polar surface area (TPSA) is 66.8 Å². The Balaban J connectivity index is 1.83. The lowest BCUT2D eigenvalue weighted by atomic mass is 9.93. The van der Waals surface area contributed by atoms with Gasteiger partial charge in [0.25, 0.3) is 5.91 Å². The number of likely N-dealkylation sites (tertiary alicyclic amines) is 1. The van der Waals surface area contributed by atoms with Gasteiger partial charge in [-0.1, -0.05) is 0 Å². The van der Waals surface area contributed by atoms with Gasteiger partial charge >= 0.3 is 5.97 Å². The molecule has 7 heteroatoms. The van der Waals surface area contributed by atoms with Crippen molar-refractivity contribution in [3.63, 3.8) is 0 Å². The molecule has 1 N–H and O–H groups in total. The number of halogens is 2. The second-order valence-electron chi connectivity index (χ2n) is 5.64. The van der Waals surface area contributed by atoms with Crippen molar-refractivity contribution in [3.05, 3.63) is 29.8 Å². The Hall–Kier alpha value is -2.18. The molecule has 0 aromatic heterocycles. The first-order chi connectivity index (χ1) is 11.0. The minimum absolute atomic E-state index is 0.0873. The van der Waals surface area contributed by atoms with Gasteiger partial charge in [0.2, 0.25) is 0 Å². The number of nitrogens with zero attached hydrogens (tertiary/aromatic N) is 1. The highest BCUT2D eigenvalue weighted by Gasteiger charge is 2.24. The SMILES string of the molecule is O=C(O)CCC1CCCN(C(=O)COc2ccc(F)cc2F)C1. The van der Waals surface area contributed by atoms with Gasteiger partial charge in [-0.3, -0.25) is 9.59 Å². The van der Waals surface area contributed by atoms with Crippen molar-refractivity contribution in [2.24, 2.45) is 5.92 Å². The summed E-state index contributed by atoms with van der Waals surface area (Å²) in [6, 6.07) is 2.90. The van der Waals surface area contributed by atoms with Gasteiger partial charge in [-0.2, -0.15) is 0 Å². The zero-order chi connectivity index (χ0) is 16.8. The van der Waals surface area contributed by atoms with E-state index in [9.17, 15) is 18.4 Å². The lowest BCUT2D eigenvalue weighted by Crippen LogP contribution is -2.42. The smallest absolute Gasteiger partial charge is 0.303 e. The summed E-state index contributed by atoms with van der Waals surface area (Å²) in [6.45, 7) is 0.743. The molecule has 126 valence electrons. The van der Waals surface area contributed by atoms with Crippen molar-refractivity contribution in [1.29, 1.82) is 0 Å². The summed E-state index contributed by atoms with van der Waals surface area (Å²) < 4.78 is 31.3. The summed E-state index contributed by atoms with van der Waals surface area (Å²) in [4.78, 5) is 24.3. The molecular weight excluding hydrogens is 308 g/mol. The number of carboxylic acid groups (broad SMARTS) is 1. The normalized spacial score (nSPS) is 17.8. The molecule has 1 atom stereocenters. The van der Waals surface area contributed by atoms with Gasteiger partial charge < -0.3 is 14.7 Å². The maximum Gasteiger partial charge on any atom is 0.303 e. The molecule has 1 amide bonds. The van der Waals surface area contributed by atoms with E-state index in [4.69, 9.17) is 9.84 Å². The molecule has 0 saturated carbocycles. The van der Waals surface area contributed by atoms with E-state index in [0.29, 0.717) is 25.6 Å². The van der Waals surface area contributed by atoms with E-state index in [1.165, 1.54) is 0 Å². The summed E-state index contributed by atoms with van der Waals surface area (Å²) in [5.74, 6) is -2.70. The van der Waals surface area contributed by atoms with Crippen molar-refractivity contribution in [3.8, 4) is 5.75 Å². The van der Waals surface area contributed by atoms with Gasteiger partial charge in [0.1, 0.15) is 5.82 Å². The van der Waals surface area contributed by atoms with Crippen LogP contribution in [-0.4, -0.2) is 41.6 Å². The van der Waals surface area contributed by atoms with Gasteiger partial charge in [-0.15, -0.1) is 0 Å². The van der Waals surface area contributed by atoms with Gasteiger partial charge in [0.05, 0.1) is 0 Å². The molecule has 1 unspecified atom stereocenters. The van der Waals surface area contributed by atoms with Gasteiger partial charge in [0, 0.05) is 25.6 Å². The third-order valence-corrected chi connectivity index (χ3v) is 3.88. The van der Waals surface area contributed by atoms with Crippen LogP contribution in [0.25, 0.3) is 0 Å². The number of amides is 1. The van der Waals surface area contributed by atoms with Crippen LogP contribution in [0.3, 0.4) is 0 Å². The van der Waals surface area contributed by atoms with Crippen LogP contribution in [0.4, 0.5) is 8.78 Å². The second kappa shape index (κ2) is 7.89.